The molecule has 11 aromatic carbocycles. The van der Waals surface area contributed by atoms with Gasteiger partial charge in [0.1, 0.15) is 68.2 Å². The first kappa shape index (κ1) is 66.3. The van der Waals surface area contributed by atoms with Crippen LogP contribution in [-0.2, 0) is 0 Å². The second-order valence-electron chi connectivity index (χ2n) is 25.2. The van der Waals surface area contributed by atoms with Gasteiger partial charge >= 0.3 is 0 Å². The van der Waals surface area contributed by atoms with E-state index in [1.165, 1.54) is 5.39 Å². The van der Waals surface area contributed by atoms with Gasteiger partial charge in [-0.15, -0.1) is 0 Å². The van der Waals surface area contributed by atoms with Crippen LogP contribution in [0.25, 0.3) is 153 Å². The number of carbonyl (C=O) groups excluding carboxylic acids is 5. The Labute approximate surface area is 622 Å². The summed E-state index contributed by atoms with van der Waals surface area (Å²) in [6.45, 7) is 0. The topological polar surface area (TPSA) is 170 Å². The lowest BCUT2D eigenvalue weighted by Gasteiger charge is -2.10. The molecule has 0 N–H and O–H groups in total. The van der Waals surface area contributed by atoms with Crippen LogP contribution in [0.2, 0.25) is 10.0 Å². The number of furan rings is 5. The molecular formula is C91H53BrCl2O12. The molecule has 15 heteroatoms. The SMILES string of the molecule is COc1ccc(-c2oc3cccc4c3c2C=CC4=O)c(OC)c1.O=C1C=Cc2c(-c3cccc(Br)c3)oc3cccc1c23.O=C1C=Cc2c(-c3cccc(Cl)c3)oc3cccc1c23.O=C1C=Cc2c(-c3cccc4ccccc34)oc3cccc1c23.O=C1C=Cc2c(-c3ccccc3Cl)oc3cccc1c23. The molecule has 12 nitrogen and oxygen atoms in total. The average molecular weight is 1490 g/mol. The van der Waals surface area contributed by atoms with Crippen molar-refractivity contribution >= 4 is 164 Å². The molecule has 0 spiro atoms. The van der Waals surface area contributed by atoms with E-state index in [0.717, 1.165) is 132 Å². The highest BCUT2D eigenvalue weighted by Crippen LogP contribution is 2.47. The standard InChI is InChI=1S/C21H12O2.C19H14O4.C17H9BrO2.2C17H9ClO2/c22-18-12-11-17-20-16(18)9-4-10-19(20)23-21(17)15-8-3-6-13-5-1-2-7-14(13)15;1-21-11-6-7-13(17(10-11)22-2)19-14-8-9-15(20)12-4-3-5-16(23-19)18(12)14;2*18-11-4-1-3-10(9-11)17-13-7-8-14(19)12-5-2-6-15(20-17)16(12)13;18-13-6-2-1-4-10(13)17-12-8-9-14(19)11-5-3-7-15(20-17)16(11)12/h1-12H;3-10H,1-2H3;3*1-9H. The van der Waals surface area contributed by atoms with E-state index in [9.17, 15) is 24.0 Å². The van der Waals surface area contributed by atoms with Crippen molar-refractivity contribution in [3.8, 4) is 68.1 Å². The van der Waals surface area contributed by atoms with E-state index in [0.29, 0.717) is 66.5 Å². The monoisotopic (exact) mass is 1490 g/mol. The van der Waals surface area contributed by atoms with Crippen LogP contribution in [0.3, 0.4) is 0 Å². The molecule has 16 aromatic rings. The summed E-state index contributed by atoms with van der Waals surface area (Å²) in [4.78, 5) is 59.9. The third-order valence-corrected chi connectivity index (χ3v) is 20.1. The van der Waals surface area contributed by atoms with E-state index in [1.54, 1.807) is 56.8 Å². The lowest BCUT2D eigenvalue weighted by molar-refractivity contribution is 0.104. The van der Waals surface area contributed by atoms with Crippen LogP contribution >= 0.6 is 39.1 Å². The Balaban J connectivity index is 0.0000000977. The number of hydrogen-bond acceptors (Lipinski definition) is 12. The fourth-order valence-corrected chi connectivity index (χ4v) is 15.1. The lowest BCUT2D eigenvalue weighted by Crippen LogP contribution is -1.99. The fraction of sp³-hybridized carbons (Fsp3) is 0.0220. The second-order valence-corrected chi connectivity index (χ2v) is 27.0. The van der Waals surface area contributed by atoms with Crippen LogP contribution < -0.4 is 9.47 Å². The van der Waals surface area contributed by atoms with Gasteiger partial charge < -0.3 is 31.6 Å². The largest absolute Gasteiger partial charge is 0.497 e. The number of ketones is 5. The van der Waals surface area contributed by atoms with Crippen molar-refractivity contribution in [3.63, 3.8) is 0 Å². The maximum absolute atomic E-state index is 12.1. The zero-order valence-corrected chi connectivity index (χ0v) is 59.3. The molecule has 0 atom stereocenters. The van der Waals surface area contributed by atoms with Gasteiger partial charge in [-0.05, 0) is 150 Å². The highest BCUT2D eigenvalue weighted by molar-refractivity contribution is 9.10. The molecule has 0 saturated carbocycles. The van der Waals surface area contributed by atoms with Crippen molar-refractivity contribution in [2.75, 3.05) is 14.2 Å². The van der Waals surface area contributed by atoms with Crippen molar-refractivity contribution in [1.82, 2.24) is 0 Å². The molecule has 5 aliphatic carbocycles. The van der Waals surface area contributed by atoms with Crippen LogP contribution in [0, 0.1) is 0 Å². The van der Waals surface area contributed by atoms with E-state index in [1.807, 2.05) is 218 Å². The minimum absolute atomic E-state index is 0.00264. The Kier molecular flexibility index (Phi) is 17.1. The van der Waals surface area contributed by atoms with Crippen LogP contribution in [0.5, 0.6) is 11.5 Å². The number of halogens is 3. The maximum atomic E-state index is 12.1. The average Bonchev–Trinajstić information content (AvgIpc) is 1.61. The predicted octanol–water partition coefficient (Wildman–Crippen LogP) is 24.8. The molecule has 0 aliphatic heterocycles. The molecule has 21 rings (SSSR count). The van der Waals surface area contributed by atoms with Crippen LogP contribution in [0.15, 0.2) is 281 Å². The first-order valence-electron chi connectivity index (χ1n) is 33.7. The van der Waals surface area contributed by atoms with Gasteiger partial charge in [-0.2, -0.15) is 0 Å². The molecule has 0 unspecified atom stereocenters. The molecule has 0 saturated heterocycles. The molecular weight excluding hydrogens is 1440 g/mol. The van der Waals surface area contributed by atoms with Gasteiger partial charge in [-0.25, -0.2) is 0 Å². The van der Waals surface area contributed by atoms with Crippen molar-refractivity contribution in [2.45, 2.75) is 0 Å². The smallest absolute Gasteiger partial charge is 0.186 e. The van der Waals surface area contributed by atoms with Crippen LogP contribution in [-0.4, -0.2) is 43.1 Å². The van der Waals surface area contributed by atoms with E-state index in [4.69, 9.17) is 54.8 Å². The van der Waals surface area contributed by atoms with E-state index >= 15 is 0 Å². The number of allylic oxidation sites excluding steroid dienone is 5. The van der Waals surface area contributed by atoms with E-state index in [-0.39, 0.29) is 28.9 Å². The Morgan fingerprint density at radius 2 is 0.660 bits per heavy atom. The van der Waals surface area contributed by atoms with Crippen molar-refractivity contribution in [1.29, 1.82) is 0 Å². The third-order valence-electron chi connectivity index (χ3n) is 19.1. The zero-order chi connectivity index (χ0) is 72.4. The minimum atomic E-state index is -0.00264. The first-order chi connectivity index (χ1) is 51.8. The highest BCUT2D eigenvalue weighted by atomic mass is 79.9. The molecule has 5 aliphatic rings. The minimum Gasteiger partial charge on any atom is -0.497 e. The van der Waals surface area contributed by atoms with E-state index in [2.05, 4.69) is 40.2 Å². The zero-order valence-electron chi connectivity index (χ0n) is 56.2. The summed E-state index contributed by atoms with van der Waals surface area (Å²) in [5, 5.41) is 8.06. The van der Waals surface area contributed by atoms with Gasteiger partial charge in [0.15, 0.2) is 28.9 Å². The summed E-state index contributed by atoms with van der Waals surface area (Å²) < 4.78 is 41.8. The molecule has 0 radical (unpaired) electrons. The van der Waals surface area contributed by atoms with Crippen molar-refractivity contribution in [2.24, 2.45) is 0 Å². The number of hydrogen-bond donors (Lipinski definition) is 0. The van der Waals surface area contributed by atoms with Crippen LogP contribution in [0.4, 0.5) is 0 Å². The molecule has 0 fully saturated rings. The fourth-order valence-electron chi connectivity index (χ4n) is 14.3. The maximum Gasteiger partial charge on any atom is 0.186 e. The quantitative estimate of drug-likeness (QED) is 0.148. The summed E-state index contributed by atoms with van der Waals surface area (Å²) in [6, 6.07) is 70.9. The summed E-state index contributed by atoms with van der Waals surface area (Å²) in [7, 11) is 3.22. The van der Waals surface area contributed by atoms with Gasteiger partial charge in [0.05, 0.1) is 24.8 Å². The van der Waals surface area contributed by atoms with Gasteiger partial charge in [-0.1, -0.05) is 179 Å². The first-order valence-corrected chi connectivity index (χ1v) is 35.2. The number of methoxy groups -OCH3 is 2. The Morgan fingerprint density at radius 1 is 0.302 bits per heavy atom. The van der Waals surface area contributed by atoms with Crippen LogP contribution in [0.1, 0.15) is 79.6 Å². The molecule has 5 heterocycles. The number of benzene rings is 11. The highest BCUT2D eigenvalue weighted by Gasteiger charge is 2.29. The predicted molar refractivity (Wildman–Crippen MR) is 423 cm³/mol. The normalized spacial score (nSPS) is 13.0. The van der Waals surface area contributed by atoms with Gasteiger partial charge in [0, 0.05) is 120 Å². The van der Waals surface area contributed by atoms with Crippen molar-refractivity contribution < 1.29 is 55.5 Å². The number of rotatable bonds is 7. The molecule has 5 aromatic heterocycles. The van der Waals surface area contributed by atoms with Gasteiger partial charge in [0.2, 0.25) is 0 Å². The van der Waals surface area contributed by atoms with Crippen molar-refractivity contribution in [3.05, 3.63) is 325 Å². The summed E-state index contributed by atoms with van der Waals surface area (Å²) in [5.41, 5.74) is 16.5. The summed E-state index contributed by atoms with van der Waals surface area (Å²) in [5.74, 6) is 5.24. The second kappa shape index (κ2) is 27.4. The van der Waals surface area contributed by atoms with E-state index < -0.39 is 0 Å². The number of fused-ring (bicyclic) bond motifs is 1. The summed E-state index contributed by atoms with van der Waals surface area (Å²) in [6.07, 6.45) is 17.1. The third kappa shape index (κ3) is 11.7. The lowest BCUT2D eigenvalue weighted by atomic mass is 9.93. The molecule has 0 amide bonds. The number of ether oxygens (including phenoxy) is 2. The molecule has 510 valence electrons. The van der Waals surface area contributed by atoms with Gasteiger partial charge in [0.25, 0.3) is 0 Å². The number of carbonyl (C=O) groups is 5. The molecule has 0 bridgehead atoms. The Hall–Kier alpha value is -12.9. The Bertz CT molecular complexity index is 6440. The van der Waals surface area contributed by atoms with Gasteiger partial charge in [-0.3, -0.25) is 24.0 Å². The molecule has 106 heavy (non-hydrogen) atoms. The summed E-state index contributed by atoms with van der Waals surface area (Å²) >= 11 is 15.8. The Morgan fingerprint density at radius 3 is 1.10 bits per heavy atom.